The Kier molecular flexibility index (Phi) is 4.48. The van der Waals surface area contributed by atoms with Gasteiger partial charge in [0.15, 0.2) is 11.5 Å². The van der Waals surface area contributed by atoms with Crippen molar-refractivity contribution in [2.45, 2.75) is 45.3 Å². The van der Waals surface area contributed by atoms with Crippen molar-refractivity contribution in [3.63, 3.8) is 0 Å². The van der Waals surface area contributed by atoms with Crippen LogP contribution in [-0.4, -0.2) is 25.8 Å². The zero-order valence-corrected chi connectivity index (χ0v) is 11.5. The molecule has 18 heavy (non-hydrogen) atoms. The van der Waals surface area contributed by atoms with Crippen molar-refractivity contribution in [3.8, 4) is 11.5 Å². The molecule has 1 fully saturated rings. The van der Waals surface area contributed by atoms with E-state index in [1.165, 1.54) is 18.4 Å². The van der Waals surface area contributed by atoms with E-state index in [0.717, 1.165) is 24.5 Å². The number of hydrogen-bond donors (Lipinski definition) is 1. The highest BCUT2D eigenvalue weighted by molar-refractivity contribution is 5.47. The molecule has 0 amide bonds. The maximum atomic E-state index is 5.92. The topological polar surface area (TPSA) is 30.5 Å². The molecule has 1 heterocycles. The van der Waals surface area contributed by atoms with Crippen molar-refractivity contribution in [3.05, 3.63) is 23.8 Å². The average molecular weight is 249 g/mol. The molecule has 0 radical (unpaired) electrons. The molecule has 1 aliphatic rings. The van der Waals surface area contributed by atoms with E-state index < -0.39 is 0 Å². The Morgan fingerprint density at radius 3 is 2.83 bits per heavy atom. The van der Waals surface area contributed by atoms with E-state index >= 15 is 0 Å². The molecule has 3 heteroatoms. The van der Waals surface area contributed by atoms with Crippen molar-refractivity contribution in [2.75, 3.05) is 13.7 Å². The number of hydrogen-bond acceptors (Lipinski definition) is 3. The summed E-state index contributed by atoms with van der Waals surface area (Å²) in [6.07, 6.45) is 3.70. The first-order valence-electron chi connectivity index (χ1n) is 6.76. The number of benzene rings is 1. The molecule has 0 aliphatic carbocycles. The van der Waals surface area contributed by atoms with Gasteiger partial charge in [-0.25, -0.2) is 0 Å². The molecule has 0 spiro atoms. The van der Waals surface area contributed by atoms with E-state index in [9.17, 15) is 0 Å². The lowest BCUT2D eigenvalue weighted by molar-refractivity contribution is 0.227. The van der Waals surface area contributed by atoms with Crippen LogP contribution in [0.25, 0.3) is 0 Å². The van der Waals surface area contributed by atoms with Gasteiger partial charge in [0, 0.05) is 6.04 Å². The average Bonchev–Trinajstić information content (AvgIpc) is 2.83. The molecule has 1 aliphatic heterocycles. The minimum Gasteiger partial charge on any atom is -0.493 e. The summed E-state index contributed by atoms with van der Waals surface area (Å²) in [7, 11) is 1.69. The fourth-order valence-corrected chi connectivity index (χ4v) is 2.45. The summed E-state index contributed by atoms with van der Waals surface area (Å²) in [5.41, 5.74) is 1.24. The van der Waals surface area contributed by atoms with Crippen LogP contribution in [0.3, 0.4) is 0 Å². The summed E-state index contributed by atoms with van der Waals surface area (Å²) in [6.45, 7) is 5.23. The number of para-hydroxylation sites is 1. The third-order valence-corrected chi connectivity index (χ3v) is 3.26. The van der Waals surface area contributed by atoms with E-state index in [1.807, 2.05) is 26.0 Å². The molecule has 1 atom stereocenters. The molecule has 1 N–H and O–H groups in total. The largest absolute Gasteiger partial charge is 0.493 e. The minimum atomic E-state index is 0.164. The molecule has 0 saturated carbocycles. The maximum Gasteiger partial charge on any atom is 0.164 e. The van der Waals surface area contributed by atoms with Gasteiger partial charge in [-0.05, 0) is 51.3 Å². The lowest BCUT2D eigenvalue weighted by Crippen LogP contribution is -2.24. The van der Waals surface area contributed by atoms with Gasteiger partial charge < -0.3 is 14.8 Å². The molecular formula is C15H23NO2. The summed E-state index contributed by atoms with van der Waals surface area (Å²) in [4.78, 5) is 0. The van der Waals surface area contributed by atoms with Crippen LogP contribution in [0.5, 0.6) is 11.5 Å². The molecule has 3 nitrogen and oxygen atoms in total. The highest BCUT2D eigenvalue weighted by Gasteiger charge is 2.19. The van der Waals surface area contributed by atoms with Crippen LogP contribution in [0.15, 0.2) is 18.2 Å². The van der Waals surface area contributed by atoms with Gasteiger partial charge in [-0.3, -0.25) is 0 Å². The standard InChI is InChI=1S/C15H23NO2/c1-11(2)18-15-12(6-4-8-14(15)17-3)10-13-7-5-9-16-13/h4,6,8,11,13,16H,5,7,9-10H2,1-3H3. The fraction of sp³-hybridized carbons (Fsp3) is 0.600. The number of ether oxygens (including phenoxy) is 2. The minimum absolute atomic E-state index is 0.164. The van der Waals surface area contributed by atoms with E-state index in [2.05, 4.69) is 11.4 Å². The van der Waals surface area contributed by atoms with Gasteiger partial charge in [-0.15, -0.1) is 0 Å². The molecule has 1 aromatic carbocycles. The quantitative estimate of drug-likeness (QED) is 0.870. The molecular weight excluding hydrogens is 226 g/mol. The zero-order valence-electron chi connectivity index (χ0n) is 11.5. The van der Waals surface area contributed by atoms with Crippen molar-refractivity contribution in [2.24, 2.45) is 0 Å². The fourth-order valence-electron chi connectivity index (χ4n) is 2.45. The summed E-state index contributed by atoms with van der Waals surface area (Å²) >= 11 is 0. The lowest BCUT2D eigenvalue weighted by Gasteiger charge is -2.19. The van der Waals surface area contributed by atoms with Gasteiger partial charge in [0.25, 0.3) is 0 Å². The van der Waals surface area contributed by atoms with E-state index in [-0.39, 0.29) is 6.10 Å². The van der Waals surface area contributed by atoms with E-state index in [1.54, 1.807) is 7.11 Å². The van der Waals surface area contributed by atoms with Crippen LogP contribution < -0.4 is 14.8 Å². The van der Waals surface area contributed by atoms with Crippen molar-refractivity contribution < 1.29 is 9.47 Å². The first-order valence-corrected chi connectivity index (χ1v) is 6.76. The van der Waals surface area contributed by atoms with Crippen molar-refractivity contribution in [1.82, 2.24) is 5.32 Å². The van der Waals surface area contributed by atoms with Gasteiger partial charge in [-0.1, -0.05) is 12.1 Å². The van der Waals surface area contributed by atoms with Crippen molar-refractivity contribution in [1.29, 1.82) is 0 Å². The molecule has 1 unspecified atom stereocenters. The summed E-state index contributed by atoms with van der Waals surface area (Å²) in [6, 6.07) is 6.71. The van der Waals surface area contributed by atoms with E-state index in [0.29, 0.717) is 6.04 Å². The third kappa shape index (κ3) is 3.16. The molecule has 1 aromatic rings. The summed E-state index contributed by atoms with van der Waals surface area (Å²) in [5, 5.41) is 3.53. The number of nitrogens with one attached hydrogen (secondary N) is 1. The summed E-state index contributed by atoms with van der Waals surface area (Å²) < 4.78 is 11.3. The Morgan fingerprint density at radius 2 is 2.22 bits per heavy atom. The second kappa shape index (κ2) is 6.10. The lowest BCUT2D eigenvalue weighted by atomic mass is 10.0. The van der Waals surface area contributed by atoms with Crippen molar-refractivity contribution >= 4 is 0 Å². The van der Waals surface area contributed by atoms with Gasteiger partial charge in [-0.2, -0.15) is 0 Å². The molecule has 100 valence electrons. The smallest absolute Gasteiger partial charge is 0.164 e. The van der Waals surface area contributed by atoms with Crippen LogP contribution in [0.4, 0.5) is 0 Å². The van der Waals surface area contributed by atoms with Gasteiger partial charge >= 0.3 is 0 Å². The Bertz CT molecular complexity index is 384. The number of methoxy groups -OCH3 is 1. The highest BCUT2D eigenvalue weighted by atomic mass is 16.5. The molecule has 2 rings (SSSR count). The molecule has 0 aromatic heterocycles. The van der Waals surface area contributed by atoms with Gasteiger partial charge in [0.2, 0.25) is 0 Å². The normalized spacial score (nSPS) is 19.2. The second-order valence-corrected chi connectivity index (χ2v) is 5.11. The number of rotatable bonds is 5. The predicted molar refractivity (Wildman–Crippen MR) is 73.5 cm³/mol. The highest BCUT2D eigenvalue weighted by Crippen LogP contribution is 2.33. The van der Waals surface area contributed by atoms with Gasteiger partial charge in [0.05, 0.1) is 13.2 Å². The van der Waals surface area contributed by atoms with Gasteiger partial charge in [0.1, 0.15) is 0 Å². The second-order valence-electron chi connectivity index (χ2n) is 5.11. The predicted octanol–water partition coefficient (Wildman–Crippen LogP) is 2.78. The Hall–Kier alpha value is -1.22. The van der Waals surface area contributed by atoms with Crippen LogP contribution in [0.2, 0.25) is 0 Å². The SMILES string of the molecule is COc1cccc(CC2CCCN2)c1OC(C)C. The Morgan fingerprint density at radius 1 is 1.39 bits per heavy atom. The summed E-state index contributed by atoms with van der Waals surface area (Å²) in [5.74, 6) is 1.74. The van der Waals surface area contributed by atoms with E-state index in [4.69, 9.17) is 9.47 Å². The van der Waals surface area contributed by atoms with Crippen LogP contribution >= 0.6 is 0 Å². The Balaban J connectivity index is 2.20. The Labute approximate surface area is 109 Å². The van der Waals surface area contributed by atoms with Crippen LogP contribution in [-0.2, 0) is 6.42 Å². The molecule has 1 saturated heterocycles. The first-order chi connectivity index (χ1) is 8.70. The third-order valence-electron chi connectivity index (χ3n) is 3.26. The monoisotopic (exact) mass is 249 g/mol. The first kappa shape index (κ1) is 13.2. The van der Waals surface area contributed by atoms with Crippen LogP contribution in [0.1, 0.15) is 32.3 Å². The molecule has 0 bridgehead atoms. The maximum absolute atomic E-state index is 5.92. The van der Waals surface area contributed by atoms with Crippen LogP contribution in [0, 0.1) is 0 Å². The zero-order chi connectivity index (χ0) is 13.0.